The van der Waals surface area contributed by atoms with Gasteiger partial charge in [-0.1, -0.05) is 23.9 Å². The number of thioether (sulfide) groups is 1. The first-order valence-electron chi connectivity index (χ1n) is 11.0. The molecule has 0 bridgehead atoms. The molecule has 2 aromatic rings. The van der Waals surface area contributed by atoms with Gasteiger partial charge < -0.3 is 25.0 Å². The van der Waals surface area contributed by atoms with E-state index in [1.165, 1.54) is 7.11 Å². The van der Waals surface area contributed by atoms with Gasteiger partial charge in [-0.2, -0.15) is 0 Å². The highest BCUT2D eigenvalue weighted by Gasteiger charge is 2.36. The number of nitrogens with one attached hydrogen (secondary N) is 2. The van der Waals surface area contributed by atoms with Crippen LogP contribution in [0.4, 0.5) is 5.69 Å². The molecule has 178 valence electrons. The number of rotatable bonds is 6. The summed E-state index contributed by atoms with van der Waals surface area (Å²) in [5.74, 6) is 1.64. The molecule has 1 atom stereocenters. The van der Waals surface area contributed by atoms with Gasteiger partial charge in [0.15, 0.2) is 5.17 Å². The molecular weight excluding hydrogens is 452 g/mol. The van der Waals surface area contributed by atoms with Crippen LogP contribution in [0, 0.1) is 0 Å². The second-order valence-corrected chi connectivity index (χ2v) is 8.97. The van der Waals surface area contributed by atoms with Crippen molar-refractivity contribution in [3.8, 4) is 11.5 Å². The fourth-order valence-electron chi connectivity index (χ4n) is 4.17. The molecule has 0 aromatic heterocycles. The molecule has 2 aliphatic heterocycles. The smallest absolute Gasteiger partial charge is 0.259 e. The maximum absolute atomic E-state index is 12.9. The molecule has 4 rings (SSSR count). The Hall–Kier alpha value is -3.46. The molecule has 1 saturated heterocycles. The summed E-state index contributed by atoms with van der Waals surface area (Å²) in [6, 6.07) is 12.4. The summed E-state index contributed by atoms with van der Waals surface area (Å²) in [6.45, 7) is 2.72. The van der Waals surface area contributed by atoms with Crippen molar-refractivity contribution in [2.45, 2.75) is 19.4 Å². The van der Waals surface area contributed by atoms with Gasteiger partial charge >= 0.3 is 0 Å². The molecule has 2 amide bonds. The molecule has 1 fully saturated rings. The van der Waals surface area contributed by atoms with Gasteiger partial charge in [0.1, 0.15) is 11.5 Å². The Balaban J connectivity index is 1.60. The minimum absolute atomic E-state index is 0.134. The number of ether oxygens (including phenoxy) is 2. The predicted molar refractivity (Wildman–Crippen MR) is 135 cm³/mol. The van der Waals surface area contributed by atoms with Crippen molar-refractivity contribution in [3.05, 3.63) is 64.9 Å². The van der Waals surface area contributed by atoms with E-state index < -0.39 is 0 Å². The van der Waals surface area contributed by atoms with E-state index in [2.05, 4.69) is 15.5 Å². The molecule has 2 aliphatic rings. The third-order valence-corrected chi connectivity index (χ3v) is 6.94. The number of hydrogen-bond acceptors (Lipinski definition) is 7. The van der Waals surface area contributed by atoms with Crippen molar-refractivity contribution < 1.29 is 19.1 Å². The number of nitrogens with zero attached hydrogens (tertiary/aromatic N) is 2. The molecule has 2 aromatic carbocycles. The predicted octanol–water partition coefficient (Wildman–Crippen LogP) is 3.83. The number of hydrogen-bond donors (Lipinski definition) is 2. The maximum atomic E-state index is 12.9. The number of amidine groups is 1. The van der Waals surface area contributed by atoms with Crippen molar-refractivity contribution in [1.82, 2.24) is 10.2 Å². The summed E-state index contributed by atoms with van der Waals surface area (Å²) >= 11 is 1.72. The number of fused-ring (bicyclic) bond motifs is 1. The van der Waals surface area contributed by atoms with E-state index in [-0.39, 0.29) is 17.9 Å². The summed E-state index contributed by atoms with van der Waals surface area (Å²) in [7, 11) is 4.71. The lowest BCUT2D eigenvalue weighted by Crippen LogP contribution is -2.43. The van der Waals surface area contributed by atoms with Gasteiger partial charge in [0.2, 0.25) is 0 Å². The summed E-state index contributed by atoms with van der Waals surface area (Å²) in [5, 5.41) is 6.63. The first-order valence-corrected chi connectivity index (χ1v) is 12.0. The lowest BCUT2D eigenvalue weighted by Gasteiger charge is -2.40. The van der Waals surface area contributed by atoms with E-state index in [4.69, 9.17) is 14.5 Å². The van der Waals surface area contributed by atoms with Gasteiger partial charge in [0.05, 0.1) is 37.1 Å². The molecule has 2 heterocycles. The van der Waals surface area contributed by atoms with Gasteiger partial charge in [0, 0.05) is 31.1 Å². The van der Waals surface area contributed by atoms with Crippen LogP contribution in [-0.2, 0) is 4.79 Å². The van der Waals surface area contributed by atoms with Crippen LogP contribution < -0.4 is 20.1 Å². The molecule has 0 spiro atoms. The van der Waals surface area contributed by atoms with Crippen LogP contribution >= 0.6 is 11.8 Å². The molecule has 0 radical (unpaired) electrons. The molecule has 34 heavy (non-hydrogen) atoms. The van der Waals surface area contributed by atoms with E-state index in [0.717, 1.165) is 35.1 Å². The number of amides is 2. The molecule has 2 N–H and O–H groups in total. The Morgan fingerprint density at radius 1 is 1.09 bits per heavy atom. The van der Waals surface area contributed by atoms with E-state index in [0.29, 0.717) is 28.3 Å². The van der Waals surface area contributed by atoms with Crippen LogP contribution in [0.5, 0.6) is 11.5 Å². The highest BCUT2D eigenvalue weighted by molar-refractivity contribution is 8.13. The normalized spacial score (nSPS) is 17.5. The fourth-order valence-corrected chi connectivity index (χ4v) is 5.19. The largest absolute Gasteiger partial charge is 0.497 e. The van der Waals surface area contributed by atoms with Crippen LogP contribution in [0.15, 0.2) is 58.7 Å². The average Bonchev–Trinajstić information content (AvgIpc) is 2.87. The van der Waals surface area contributed by atoms with E-state index in [1.807, 2.05) is 31.2 Å². The van der Waals surface area contributed by atoms with Crippen LogP contribution in [0.3, 0.4) is 0 Å². The van der Waals surface area contributed by atoms with Crippen molar-refractivity contribution in [2.24, 2.45) is 4.99 Å². The van der Waals surface area contributed by atoms with Gasteiger partial charge in [-0.05, 0) is 43.2 Å². The van der Waals surface area contributed by atoms with Crippen LogP contribution in [0.1, 0.15) is 35.3 Å². The zero-order valence-electron chi connectivity index (χ0n) is 19.7. The second kappa shape index (κ2) is 10.2. The Kier molecular flexibility index (Phi) is 7.12. The molecule has 0 aliphatic carbocycles. The third-order valence-electron chi connectivity index (χ3n) is 5.87. The van der Waals surface area contributed by atoms with E-state index >= 15 is 0 Å². The summed E-state index contributed by atoms with van der Waals surface area (Å²) in [6.07, 6.45) is 1.03. The number of carbonyl (C=O) groups is 2. The van der Waals surface area contributed by atoms with Gasteiger partial charge in [0.25, 0.3) is 11.8 Å². The SMILES string of the molecule is CNC(=O)C1=C(C)N=C2SCCCN2C1c1ccc(NC(=O)c2ccc(OC)cc2OC)cc1. The number of allylic oxidation sites excluding steroid dienone is 1. The van der Waals surface area contributed by atoms with E-state index in [1.54, 1.807) is 44.1 Å². The van der Waals surface area contributed by atoms with Crippen molar-refractivity contribution in [1.29, 1.82) is 0 Å². The molecule has 0 saturated carbocycles. The standard InChI is InChI=1S/C25H28N4O4S/c1-15-21(24(31)26-2)22(29-12-5-13-34-25(29)27-15)16-6-8-17(9-7-16)28-23(30)19-11-10-18(32-3)14-20(19)33-4/h6-11,14,22H,5,12-13H2,1-4H3,(H,26,31)(H,28,30). The molecule has 9 heteroatoms. The zero-order chi connectivity index (χ0) is 24.2. The Morgan fingerprint density at radius 3 is 2.53 bits per heavy atom. The number of likely N-dealkylation sites (N-methyl/N-ethyl adjacent to an activating group) is 1. The highest BCUT2D eigenvalue weighted by atomic mass is 32.2. The van der Waals surface area contributed by atoms with Crippen molar-refractivity contribution in [3.63, 3.8) is 0 Å². The molecule has 8 nitrogen and oxygen atoms in total. The summed E-state index contributed by atoms with van der Waals surface area (Å²) in [5.41, 5.74) is 3.40. The van der Waals surface area contributed by atoms with Crippen molar-refractivity contribution in [2.75, 3.05) is 38.9 Å². The topological polar surface area (TPSA) is 92.3 Å². The monoisotopic (exact) mass is 480 g/mol. The fraction of sp³-hybridized carbons (Fsp3) is 0.320. The maximum Gasteiger partial charge on any atom is 0.259 e. The number of benzene rings is 2. The minimum atomic E-state index is -0.284. The van der Waals surface area contributed by atoms with Gasteiger partial charge in [-0.3, -0.25) is 9.59 Å². The zero-order valence-corrected chi connectivity index (χ0v) is 20.5. The average molecular weight is 481 g/mol. The van der Waals surface area contributed by atoms with E-state index in [9.17, 15) is 9.59 Å². The Morgan fingerprint density at radius 2 is 1.85 bits per heavy atom. The third kappa shape index (κ3) is 4.61. The highest BCUT2D eigenvalue weighted by Crippen LogP contribution is 2.39. The Labute approximate surface area is 203 Å². The Bertz CT molecular complexity index is 1160. The molecular formula is C25H28N4O4S. The van der Waals surface area contributed by atoms with Crippen LogP contribution in [0.2, 0.25) is 0 Å². The first kappa shape index (κ1) is 23.7. The lowest BCUT2D eigenvalue weighted by molar-refractivity contribution is -0.117. The van der Waals surface area contributed by atoms with Crippen LogP contribution in [0.25, 0.3) is 0 Å². The quantitative estimate of drug-likeness (QED) is 0.653. The second-order valence-electron chi connectivity index (χ2n) is 7.91. The molecule has 1 unspecified atom stereocenters. The number of anilines is 1. The lowest BCUT2D eigenvalue weighted by atomic mass is 9.93. The van der Waals surface area contributed by atoms with Crippen LogP contribution in [-0.4, -0.2) is 55.4 Å². The van der Waals surface area contributed by atoms with Gasteiger partial charge in [-0.15, -0.1) is 0 Å². The number of carbonyl (C=O) groups excluding carboxylic acids is 2. The van der Waals surface area contributed by atoms with Crippen molar-refractivity contribution >= 4 is 34.4 Å². The minimum Gasteiger partial charge on any atom is -0.497 e. The number of aliphatic imine (C=N–C) groups is 1. The van der Waals surface area contributed by atoms with Gasteiger partial charge in [-0.25, -0.2) is 4.99 Å². The number of methoxy groups -OCH3 is 2. The summed E-state index contributed by atoms with van der Waals surface area (Å²) < 4.78 is 10.5. The first-order chi connectivity index (χ1) is 16.5. The summed E-state index contributed by atoms with van der Waals surface area (Å²) in [4.78, 5) is 32.5.